The molecule has 3 rings (SSSR count). The number of benzene rings is 1. The summed E-state index contributed by atoms with van der Waals surface area (Å²) in [5.41, 5.74) is 2.21. The molecule has 2 heterocycles. The van der Waals surface area contributed by atoms with Crippen molar-refractivity contribution >= 4 is 29.3 Å². The van der Waals surface area contributed by atoms with E-state index in [-0.39, 0.29) is 11.8 Å². The molecule has 5 nitrogen and oxygen atoms in total. The fourth-order valence-corrected chi connectivity index (χ4v) is 3.85. The van der Waals surface area contributed by atoms with E-state index in [2.05, 4.69) is 17.2 Å². The molecular weight excluding hydrogens is 358 g/mol. The predicted molar refractivity (Wildman–Crippen MR) is 109 cm³/mol. The van der Waals surface area contributed by atoms with Gasteiger partial charge in [0.2, 0.25) is 5.91 Å². The highest BCUT2D eigenvalue weighted by Crippen LogP contribution is 2.24. The highest BCUT2D eigenvalue weighted by Gasteiger charge is 2.22. The van der Waals surface area contributed by atoms with Gasteiger partial charge in [-0.3, -0.25) is 9.59 Å². The van der Waals surface area contributed by atoms with Crippen molar-refractivity contribution in [3.05, 3.63) is 53.9 Å². The van der Waals surface area contributed by atoms with Gasteiger partial charge in [0, 0.05) is 36.3 Å². The molecule has 27 heavy (non-hydrogen) atoms. The van der Waals surface area contributed by atoms with E-state index < -0.39 is 0 Å². The molecule has 0 unspecified atom stereocenters. The Morgan fingerprint density at radius 3 is 2.52 bits per heavy atom. The van der Waals surface area contributed by atoms with Gasteiger partial charge in [0.1, 0.15) is 5.69 Å². The Hall–Kier alpha value is -2.34. The van der Waals surface area contributed by atoms with E-state index >= 15 is 0 Å². The second kappa shape index (κ2) is 9.04. The van der Waals surface area contributed by atoms with Gasteiger partial charge in [0.25, 0.3) is 5.91 Å². The van der Waals surface area contributed by atoms with Crippen molar-refractivity contribution in [2.75, 3.05) is 18.4 Å². The fourth-order valence-electron chi connectivity index (χ4n) is 3.05. The van der Waals surface area contributed by atoms with Crippen molar-refractivity contribution in [2.24, 2.45) is 5.92 Å². The highest BCUT2D eigenvalue weighted by molar-refractivity contribution is 7.98. The summed E-state index contributed by atoms with van der Waals surface area (Å²) in [5, 5.41) is 2.76. The average Bonchev–Trinajstić information content (AvgIpc) is 2.67. The molecule has 0 bridgehead atoms. The number of carbonyl (C=O) groups excluding carboxylic acids is 2. The van der Waals surface area contributed by atoms with Crippen LogP contribution >= 0.6 is 11.8 Å². The Morgan fingerprint density at radius 2 is 1.85 bits per heavy atom. The van der Waals surface area contributed by atoms with Crippen molar-refractivity contribution in [3.63, 3.8) is 0 Å². The summed E-state index contributed by atoms with van der Waals surface area (Å²) < 4.78 is 0. The third-order valence-electron chi connectivity index (χ3n) is 4.66. The molecule has 0 aliphatic carbocycles. The monoisotopic (exact) mass is 383 g/mol. The lowest BCUT2D eigenvalue weighted by atomic mass is 9.99. The lowest BCUT2D eigenvalue weighted by Gasteiger charge is -2.30. The molecule has 0 atom stereocenters. The number of hydrogen-bond acceptors (Lipinski definition) is 4. The minimum atomic E-state index is -0.0794. The van der Waals surface area contributed by atoms with E-state index in [1.807, 2.05) is 41.3 Å². The first kappa shape index (κ1) is 19.4. The van der Waals surface area contributed by atoms with Crippen LogP contribution in [0.5, 0.6) is 0 Å². The van der Waals surface area contributed by atoms with Crippen molar-refractivity contribution < 1.29 is 9.59 Å². The predicted octanol–water partition coefficient (Wildman–Crippen LogP) is 4.20. The molecule has 0 saturated carbocycles. The summed E-state index contributed by atoms with van der Waals surface area (Å²) in [4.78, 5) is 31.3. The number of aromatic nitrogens is 1. The molecule has 1 fully saturated rings. The lowest BCUT2D eigenvalue weighted by Crippen LogP contribution is -2.38. The van der Waals surface area contributed by atoms with Gasteiger partial charge < -0.3 is 10.2 Å². The number of nitrogens with one attached hydrogen (secondary N) is 1. The van der Waals surface area contributed by atoms with E-state index in [0.717, 1.165) is 42.2 Å². The third kappa shape index (κ3) is 5.57. The Labute approximate surface area is 164 Å². The number of pyridine rings is 1. The van der Waals surface area contributed by atoms with Crippen LogP contribution in [0.15, 0.2) is 47.4 Å². The molecule has 2 amide bonds. The smallest absolute Gasteiger partial charge is 0.272 e. The number of hydrogen-bond donors (Lipinski definition) is 1. The normalized spacial score (nSPS) is 14.8. The molecule has 1 aliphatic heterocycles. The Balaban J connectivity index is 1.59. The molecule has 1 aliphatic rings. The molecule has 1 N–H and O–H groups in total. The maximum absolute atomic E-state index is 12.7. The highest BCUT2D eigenvalue weighted by atomic mass is 32.2. The molecule has 0 spiro atoms. The molecule has 1 aromatic heterocycles. The number of piperidine rings is 1. The minimum Gasteiger partial charge on any atom is -0.337 e. The van der Waals surface area contributed by atoms with E-state index in [1.165, 1.54) is 6.92 Å². The van der Waals surface area contributed by atoms with Gasteiger partial charge in [-0.05, 0) is 55.2 Å². The topological polar surface area (TPSA) is 62.3 Å². The second-order valence-electron chi connectivity index (χ2n) is 6.98. The first-order valence-corrected chi connectivity index (χ1v) is 10.3. The standard InChI is InChI=1S/C21H25N3O2S/c1-15-10-12-24(13-11-15)21(26)20-5-3-4-18(23-20)14-27-19-8-6-17(7-9-19)22-16(2)25/h3-9,15H,10-14H2,1-2H3,(H,22,25). The molecule has 1 saturated heterocycles. The summed E-state index contributed by atoms with van der Waals surface area (Å²) in [6.45, 7) is 5.37. The van der Waals surface area contributed by atoms with Gasteiger partial charge in [-0.25, -0.2) is 4.98 Å². The zero-order chi connectivity index (χ0) is 19.2. The summed E-state index contributed by atoms with van der Waals surface area (Å²) in [6.07, 6.45) is 2.13. The molecular formula is C21H25N3O2S. The summed E-state index contributed by atoms with van der Waals surface area (Å²) in [7, 11) is 0. The Morgan fingerprint density at radius 1 is 1.15 bits per heavy atom. The van der Waals surface area contributed by atoms with Crippen LogP contribution in [-0.2, 0) is 10.5 Å². The zero-order valence-electron chi connectivity index (χ0n) is 15.8. The third-order valence-corrected chi connectivity index (χ3v) is 5.70. The van der Waals surface area contributed by atoms with E-state index in [9.17, 15) is 9.59 Å². The van der Waals surface area contributed by atoms with Crippen LogP contribution in [0, 0.1) is 5.92 Å². The summed E-state index contributed by atoms with van der Waals surface area (Å²) in [6, 6.07) is 13.4. The van der Waals surface area contributed by atoms with Crippen LogP contribution in [0.3, 0.4) is 0 Å². The van der Waals surface area contributed by atoms with Crippen LogP contribution in [0.25, 0.3) is 0 Å². The van der Waals surface area contributed by atoms with Gasteiger partial charge in [0.05, 0.1) is 5.69 Å². The number of thioether (sulfide) groups is 1. The van der Waals surface area contributed by atoms with Crippen LogP contribution < -0.4 is 5.32 Å². The lowest BCUT2D eigenvalue weighted by molar-refractivity contribution is -0.114. The number of likely N-dealkylation sites (tertiary alicyclic amines) is 1. The van der Waals surface area contributed by atoms with E-state index in [1.54, 1.807) is 17.8 Å². The van der Waals surface area contributed by atoms with Crippen molar-refractivity contribution in [3.8, 4) is 0 Å². The maximum atomic E-state index is 12.7. The van der Waals surface area contributed by atoms with Crippen LogP contribution in [0.1, 0.15) is 42.9 Å². The first-order valence-electron chi connectivity index (χ1n) is 9.27. The van der Waals surface area contributed by atoms with Crippen molar-refractivity contribution in [1.29, 1.82) is 0 Å². The molecule has 1 aromatic carbocycles. The van der Waals surface area contributed by atoms with Crippen LogP contribution in [0.2, 0.25) is 0 Å². The summed E-state index contributed by atoms with van der Waals surface area (Å²) >= 11 is 1.66. The van der Waals surface area contributed by atoms with Gasteiger partial charge in [-0.15, -0.1) is 11.8 Å². The second-order valence-corrected chi connectivity index (χ2v) is 8.03. The van der Waals surface area contributed by atoms with Gasteiger partial charge in [-0.2, -0.15) is 0 Å². The van der Waals surface area contributed by atoms with Crippen LogP contribution in [-0.4, -0.2) is 34.8 Å². The van der Waals surface area contributed by atoms with Gasteiger partial charge in [0.15, 0.2) is 0 Å². The maximum Gasteiger partial charge on any atom is 0.272 e. The SMILES string of the molecule is CC(=O)Nc1ccc(SCc2cccc(C(=O)N3CCC(C)CC3)n2)cc1. The van der Waals surface area contributed by atoms with E-state index in [4.69, 9.17) is 0 Å². The van der Waals surface area contributed by atoms with Gasteiger partial charge in [-0.1, -0.05) is 13.0 Å². The zero-order valence-corrected chi connectivity index (χ0v) is 16.6. The molecule has 142 valence electrons. The van der Waals surface area contributed by atoms with Gasteiger partial charge >= 0.3 is 0 Å². The first-order chi connectivity index (χ1) is 13.0. The molecule has 2 aromatic rings. The van der Waals surface area contributed by atoms with Crippen LogP contribution in [0.4, 0.5) is 5.69 Å². The summed E-state index contributed by atoms with van der Waals surface area (Å²) in [5.74, 6) is 1.34. The molecule has 6 heteroatoms. The number of carbonyl (C=O) groups is 2. The quantitative estimate of drug-likeness (QED) is 0.786. The van der Waals surface area contributed by atoms with Crippen molar-refractivity contribution in [1.82, 2.24) is 9.88 Å². The minimum absolute atomic E-state index is 0.0356. The number of nitrogens with zero attached hydrogens (tertiary/aromatic N) is 2. The molecule has 0 radical (unpaired) electrons. The average molecular weight is 384 g/mol. The Bertz CT molecular complexity index is 799. The number of rotatable bonds is 5. The Kier molecular flexibility index (Phi) is 6.50. The number of anilines is 1. The fraction of sp³-hybridized carbons (Fsp3) is 0.381. The largest absolute Gasteiger partial charge is 0.337 e. The number of amides is 2. The van der Waals surface area contributed by atoms with Crippen molar-refractivity contribution in [2.45, 2.75) is 37.3 Å². The van der Waals surface area contributed by atoms with E-state index in [0.29, 0.717) is 17.4 Å².